The van der Waals surface area contributed by atoms with Crippen molar-refractivity contribution in [1.82, 2.24) is 20.4 Å². The van der Waals surface area contributed by atoms with E-state index in [0.717, 1.165) is 17.5 Å². The third kappa shape index (κ3) is 5.66. The highest BCUT2D eigenvalue weighted by atomic mass is 16.3. The molecule has 3 aliphatic rings. The molecule has 9 nitrogen and oxygen atoms in total. The van der Waals surface area contributed by atoms with Crippen molar-refractivity contribution in [3.05, 3.63) is 65.7 Å². The van der Waals surface area contributed by atoms with Crippen LogP contribution >= 0.6 is 0 Å². The number of phenolic OH excluding ortho intramolecular Hbond substituents is 1. The summed E-state index contributed by atoms with van der Waals surface area (Å²) in [5.74, 6) is -0.963. The molecule has 0 unspecified atom stereocenters. The van der Waals surface area contributed by atoms with Crippen molar-refractivity contribution < 1.29 is 24.3 Å². The van der Waals surface area contributed by atoms with Gasteiger partial charge < -0.3 is 25.5 Å². The van der Waals surface area contributed by atoms with Crippen LogP contribution in [0.2, 0.25) is 0 Å². The van der Waals surface area contributed by atoms with Crippen LogP contribution in [0, 0.1) is 0 Å². The summed E-state index contributed by atoms with van der Waals surface area (Å²) in [6, 6.07) is 13.5. The van der Waals surface area contributed by atoms with Gasteiger partial charge >= 0.3 is 0 Å². The molecule has 4 atom stereocenters. The van der Waals surface area contributed by atoms with Crippen LogP contribution in [0.4, 0.5) is 0 Å². The van der Waals surface area contributed by atoms with E-state index in [1.54, 1.807) is 34.1 Å². The highest BCUT2D eigenvalue weighted by molar-refractivity contribution is 5.95. The van der Waals surface area contributed by atoms with Gasteiger partial charge in [0.2, 0.25) is 23.6 Å². The quantitative estimate of drug-likeness (QED) is 0.567. The lowest BCUT2D eigenvalue weighted by Gasteiger charge is -2.32. The summed E-state index contributed by atoms with van der Waals surface area (Å²) in [6.07, 6.45) is 3.18. The van der Waals surface area contributed by atoms with Gasteiger partial charge in [-0.3, -0.25) is 19.2 Å². The number of phenols is 1. The van der Waals surface area contributed by atoms with Gasteiger partial charge in [0.1, 0.15) is 23.9 Å². The molecule has 0 aliphatic carbocycles. The molecular formula is C29H34N4O5. The summed E-state index contributed by atoms with van der Waals surface area (Å²) < 4.78 is 0. The van der Waals surface area contributed by atoms with E-state index < -0.39 is 24.2 Å². The summed E-state index contributed by atoms with van der Waals surface area (Å²) in [6.45, 7) is 0.908. The zero-order valence-corrected chi connectivity index (χ0v) is 21.3. The Kier molecular flexibility index (Phi) is 7.62. The molecule has 3 saturated heterocycles. The smallest absolute Gasteiger partial charge is 0.246 e. The minimum atomic E-state index is -0.872. The molecule has 0 bridgehead atoms. The minimum absolute atomic E-state index is 0.00405. The van der Waals surface area contributed by atoms with Crippen molar-refractivity contribution in [3.8, 4) is 5.75 Å². The number of carbonyl (C=O) groups excluding carboxylic acids is 4. The first-order valence-electron chi connectivity index (χ1n) is 13.4. The number of hydrogen-bond donors (Lipinski definition) is 3. The molecule has 3 N–H and O–H groups in total. The number of nitrogens with one attached hydrogen (secondary N) is 2. The fourth-order valence-electron chi connectivity index (χ4n) is 5.90. The van der Waals surface area contributed by atoms with Gasteiger partial charge in [-0.05, 0) is 55.4 Å². The zero-order chi connectivity index (χ0) is 26.6. The third-order valence-electron chi connectivity index (χ3n) is 7.77. The highest BCUT2D eigenvalue weighted by Crippen LogP contribution is 2.27. The van der Waals surface area contributed by atoms with Crippen LogP contribution in [-0.2, 0) is 32.0 Å². The van der Waals surface area contributed by atoms with Gasteiger partial charge in [-0.15, -0.1) is 0 Å². The number of fused-ring (bicyclic) bond motifs is 2. The van der Waals surface area contributed by atoms with E-state index >= 15 is 0 Å². The van der Waals surface area contributed by atoms with Gasteiger partial charge in [-0.1, -0.05) is 42.5 Å². The van der Waals surface area contributed by atoms with Crippen LogP contribution in [0.15, 0.2) is 54.6 Å². The lowest BCUT2D eigenvalue weighted by atomic mass is 10.0. The Morgan fingerprint density at radius 2 is 1.37 bits per heavy atom. The van der Waals surface area contributed by atoms with Crippen LogP contribution in [-0.4, -0.2) is 75.8 Å². The SMILES string of the molecule is O=C1C[C@@H](Cc2ccccc2)NC(=O)[C@@H]2CCCN2C(=O)[C@@H]2CCCN2C(=O)[C@H](Cc2ccc(O)cc2)N1. The van der Waals surface area contributed by atoms with E-state index in [-0.39, 0.29) is 42.2 Å². The van der Waals surface area contributed by atoms with Crippen LogP contribution in [0.1, 0.15) is 43.2 Å². The molecule has 200 valence electrons. The number of nitrogens with zero attached hydrogens (tertiary/aromatic N) is 2. The molecule has 9 heteroatoms. The standard InChI is InChI=1S/C29H34N4O5/c34-22-12-10-20(11-13-22)17-23-28(37)33-15-5-9-25(33)29(38)32-14-4-8-24(32)27(36)30-21(18-26(35)31-23)16-19-6-2-1-3-7-19/h1-3,6-7,10-13,21,23-25,34H,4-5,8-9,14-18H2,(H,30,36)(H,31,35)/t21-,23+,24+,25+/m1/s1. The number of benzene rings is 2. The zero-order valence-electron chi connectivity index (χ0n) is 21.3. The van der Waals surface area contributed by atoms with E-state index in [9.17, 15) is 24.3 Å². The Morgan fingerprint density at radius 1 is 0.737 bits per heavy atom. The summed E-state index contributed by atoms with van der Waals surface area (Å²) in [5.41, 5.74) is 1.76. The Bertz CT molecular complexity index is 1190. The molecule has 0 saturated carbocycles. The van der Waals surface area contributed by atoms with Gasteiger partial charge in [-0.2, -0.15) is 0 Å². The predicted octanol–water partition coefficient (Wildman–Crippen LogP) is 1.53. The number of carbonyl (C=O) groups is 4. The molecule has 0 spiro atoms. The first kappa shape index (κ1) is 25.8. The Morgan fingerprint density at radius 3 is 2.08 bits per heavy atom. The number of hydrogen-bond acceptors (Lipinski definition) is 5. The van der Waals surface area contributed by atoms with Crippen molar-refractivity contribution >= 4 is 23.6 Å². The van der Waals surface area contributed by atoms with Crippen LogP contribution in [0.25, 0.3) is 0 Å². The molecule has 3 aliphatic heterocycles. The summed E-state index contributed by atoms with van der Waals surface area (Å²) in [7, 11) is 0. The summed E-state index contributed by atoms with van der Waals surface area (Å²) >= 11 is 0. The van der Waals surface area contributed by atoms with Gasteiger partial charge in [-0.25, -0.2) is 0 Å². The molecule has 3 fully saturated rings. The van der Waals surface area contributed by atoms with Crippen molar-refractivity contribution in [1.29, 1.82) is 0 Å². The summed E-state index contributed by atoms with van der Waals surface area (Å²) in [4.78, 5) is 57.5. The molecule has 2 aromatic carbocycles. The molecule has 5 rings (SSSR count). The van der Waals surface area contributed by atoms with E-state index in [2.05, 4.69) is 10.6 Å². The monoisotopic (exact) mass is 518 g/mol. The molecule has 38 heavy (non-hydrogen) atoms. The highest BCUT2D eigenvalue weighted by Gasteiger charge is 2.44. The van der Waals surface area contributed by atoms with E-state index in [4.69, 9.17) is 0 Å². The maximum Gasteiger partial charge on any atom is 0.246 e. The average molecular weight is 519 g/mol. The maximum atomic E-state index is 13.8. The first-order valence-corrected chi connectivity index (χ1v) is 13.4. The third-order valence-corrected chi connectivity index (χ3v) is 7.77. The fourth-order valence-corrected chi connectivity index (χ4v) is 5.90. The molecule has 3 heterocycles. The van der Waals surface area contributed by atoms with Gasteiger partial charge in [0, 0.05) is 32.0 Å². The van der Waals surface area contributed by atoms with Crippen molar-refractivity contribution in [3.63, 3.8) is 0 Å². The van der Waals surface area contributed by atoms with E-state index in [0.29, 0.717) is 38.8 Å². The van der Waals surface area contributed by atoms with E-state index in [1.807, 2.05) is 30.3 Å². The number of rotatable bonds is 4. The van der Waals surface area contributed by atoms with Gasteiger partial charge in [0.25, 0.3) is 0 Å². The second-order valence-corrected chi connectivity index (χ2v) is 10.5. The topological polar surface area (TPSA) is 119 Å². The molecule has 0 radical (unpaired) electrons. The second kappa shape index (κ2) is 11.2. The van der Waals surface area contributed by atoms with Crippen LogP contribution in [0.3, 0.4) is 0 Å². The summed E-state index contributed by atoms with van der Waals surface area (Å²) in [5, 5.41) is 15.6. The first-order chi connectivity index (χ1) is 18.4. The van der Waals surface area contributed by atoms with Crippen LogP contribution < -0.4 is 10.6 Å². The van der Waals surface area contributed by atoms with E-state index in [1.165, 1.54) is 0 Å². The number of aromatic hydroxyl groups is 1. The van der Waals surface area contributed by atoms with Crippen molar-refractivity contribution in [2.45, 2.75) is 69.1 Å². The molecule has 2 aromatic rings. The van der Waals surface area contributed by atoms with Crippen molar-refractivity contribution in [2.24, 2.45) is 0 Å². The average Bonchev–Trinajstić information content (AvgIpc) is 3.59. The molecular weight excluding hydrogens is 484 g/mol. The number of amides is 4. The fraction of sp³-hybridized carbons (Fsp3) is 0.448. The predicted molar refractivity (Wildman–Crippen MR) is 140 cm³/mol. The lowest BCUT2D eigenvalue weighted by molar-refractivity contribution is -0.147. The van der Waals surface area contributed by atoms with Crippen molar-refractivity contribution in [2.75, 3.05) is 13.1 Å². The minimum Gasteiger partial charge on any atom is -0.508 e. The largest absolute Gasteiger partial charge is 0.508 e. The second-order valence-electron chi connectivity index (χ2n) is 10.5. The maximum absolute atomic E-state index is 13.8. The molecule has 0 aromatic heterocycles. The van der Waals surface area contributed by atoms with Gasteiger partial charge in [0.15, 0.2) is 0 Å². The van der Waals surface area contributed by atoms with Gasteiger partial charge in [0.05, 0.1) is 0 Å². The lowest BCUT2D eigenvalue weighted by Crippen LogP contribution is -2.56. The Hall–Kier alpha value is -3.88. The Labute approximate surface area is 222 Å². The molecule has 4 amide bonds. The Balaban J connectivity index is 1.46. The van der Waals surface area contributed by atoms with Crippen LogP contribution in [0.5, 0.6) is 5.75 Å². The normalized spacial score (nSPS) is 26.5.